The summed E-state index contributed by atoms with van der Waals surface area (Å²) in [4.78, 5) is 3.28. The number of halogens is 2. The van der Waals surface area contributed by atoms with Gasteiger partial charge in [0.25, 0.3) is 0 Å². The molecular formula is C18H26Cl2N2O. The number of quaternary nitrogens is 1. The van der Waals surface area contributed by atoms with Crippen molar-refractivity contribution >= 4 is 0 Å². The molecule has 1 heterocycles. The number of pyridine rings is 1. The van der Waals surface area contributed by atoms with Gasteiger partial charge in [-0.25, -0.2) is 4.98 Å². The highest BCUT2D eigenvalue weighted by Gasteiger charge is 2.22. The van der Waals surface area contributed by atoms with E-state index in [1.165, 1.54) is 11.3 Å². The van der Waals surface area contributed by atoms with Gasteiger partial charge in [-0.15, -0.1) is 0 Å². The fraction of sp³-hybridized carbons (Fsp3) is 0.389. The first-order chi connectivity index (χ1) is 10.3. The van der Waals surface area contributed by atoms with E-state index in [0.29, 0.717) is 6.04 Å². The van der Waals surface area contributed by atoms with E-state index in [2.05, 4.69) is 60.5 Å². The Kier molecular flexibility index (Phi) is 11.7. The third-order valence-corrected chi connectivity index (χ3v) is 3.68. The van der Waals surface area contributed by atoms with Crippen LogP contribution in [0.2, 0.25) is 0 Å². The molecule has 1 aromatic carbocycles. The van der Waals surface area contributed by atoms with Crippen molar-refractivity contribution in [1.82, 2.24) is 0 Å². The number of aromatic amines is 1. The molecular weight excluding hydrogens is 331 g/mol. The van der Waals surface area contributed by atoms with Crippen LogP contribution in [0.4, 0.5) is 0 Å². The van der Waals surface area contributed by atoms with Gasteiger partial charge >= 0.3 is 0 Å². The first-order valence-corrected chi connectivity index (χ1v) is 7.76. The highest BCUT2D eigenvalue weighted by atomic mass is 35.5. The van der Waals surface area contributed by atoms with Crippen molar-refractivity contribution in [2.75, 3.05) is 13.2 Å². The number of nitrogens with one attached hydrogen (secondary N) is 1. The van der Waals surface area contributed by atoms with Gasteiger partial charge in [-0.05, 0) is 19.4 Å². The van der Waals surface area contributed by atoms with Crippen LogP contribution >= 0.6 is 0 Å². The molecule has 2 aromatic rings. The molecule has 0 radical (unpaired) electrons. The molecule has 5 heteroatoms. The summed E-state index contributed by atoms with van der Waals surface area (Å²) >= 11 is 0. The van der Waals surface area contributed by atoms with Gasteiger partial charge in [0.15, 0.2) is 11.9 Å². The van der Waals surface area contributed by atoms with Gasteiger partial charge in [0.05, 0.1) is 13.0 Å². The summed E-state index contributed by atoms with van der Waals surface area (Å²) in [5.74, 6) is 0. The lowest BCUT2D eigenvalue weighted by Gasteiger charge is -2.22. The van der Waals surface area contributed by atoms with Crippen LogP contribution in [0, 0.1) is 0 Å². The van der Waals surface area contributed by atoms with Crippen LogP contribution in [0.15, 0.2) is 54.7 Å². The first kappa shape index (κ1) is 21.9. The summed E-state index contributed by atoms with van der Waals surface area (Å²) in [6, 6.07) is 17.1. The molecule has 2 unspecified atom stereocenters. The van der Waals surface area contributed by atoms with Gasteiger partial charge in [-0.3, -0.25) is 0 Å². The van der Waals surface area contributed by atoms with E-state index in [1.54, 1.807) is 0 Å². The summed E-state index contributed by atoms with van der Waals surface area (Å²) in [7, 11) is 0. The van der Waals surface area contributed by atoms with Crippen LogP contribution in [-0.4, -0.2) is 19.2 Å². The molecule has 0 saturated carbocycles. The van der Waals surface area contributed by atoms with E-state index < -0.39 is 0 Å². The van der Waals surface area contributed by atoms with E-state index in [4.69, 9.17) is 4.74 Å². The number of aromatic nitrogens is 1. The molecule has 0 bridgehead atoms. The molecule has 0 aliphatic heterocycles. The van der Waals surface area contributed by atoms with E-state index in [0.717, 1.165) is 19.6 Å². The molecule has 0 amide bonds. The number of nitrogens with two attached hydrogens (primary N) is 1. The molecule has 0 saturated heterocycles. The van der Waals surface area contributed by atoms with E-state index in [1.807, 2.05) is 18.3 Å². The third-order valence-electron chi connectivity index (χ3n) is 3.68. The molecule has 128 valence electrons. The molecule has 0 spiro atoms. The van der Waals surface area contributed by atoms with Crippen LogP contribution < -0.4 is 35.1 Å². The van der Waals surface area contributed by atoms with Crippen LogP contribution in [0.5, 0.6) is 0 Å². The van der Waals surface area contributed by atoms with Crippen LogP contribution in [0.25, 0.3) is 0 Å². The summed E-state index contributed by atoms with van der Waals surface area (Å²) < 4.78 is 5.95. The fourth-order valence-corrected chi connectivity index (χ4v) is 2.59. The Bertz CT molecular complexity index is 511. The normalized spacial score (nSPS) is 12.6. The van der Waals surface area contributed by atoms with E-state index >= 15 is 0 Å². The minimum atomic E-state index is 0. The standard InChI is InChI=1S/C18H24N2O.2ClH/c1-3-21-18(16-9-5-4-6-10-16)15(2)19-14-12-17-11-7-8-13-20-17;;/h4-11,13,15,18-19H,3,12,14H2,1-2H3;2*1H. The molecule has 0 fully saturated rings. The number of hydrogen-bond acceptors (Lipinski definition) is 1. The summed E-state index contributed by atoms with van der Waals surface area (Å²) in [6.45, 7) is 6.09. The molecule has 2 atom stereocenters. The summed E-state index contributed by atoms with van der Waals surface area (Å²) in [6.07, 6.45) is 3.17. The Morgan fingerprint density at radius 3 is 2.35 bits per heavy atom. The number of rotatable bonds is 8. The quantitative estimate of drug-likeness (QED) is 0.511. The van der Waals surface area contributed by atoms with Crippen molar-refractivity contribution in [3.63, 3.8) is 0 Å². The second-order valence-corrected chi connectivity index (χ2v) is 5.31. The largest absolute Gasteiger partial charge is 1.00 e. The SMILES string of the molecule is CCOC(c1ccccc1)C(C)[NH2+]CCc1cccc[nH+]1.[Cl-].[Cl-]. The van der Waals surface area contributed by atoms with E-state index in [9.17, 15) is 0 Å². The van der Waals surface area contributed by atoms with Crippen molar-refractivity contribution in [2.24, 2.45) is 0 Å². The van der Waals surface area contributed by atoms with Gasteiger partial charge in [0, 0.05) is 18.7 Å². The van der Waals surface area contributed by atoms with Gasteiger partial charge in [0.2, 0.25) is 0 Å². The maximum absolute atomic E-state index is 5.95. The van der Waals surface area contributed by atoms with Crippen molar-refractivity contribution in [3.05, 3.63) is 66.0 Å². The first-order valence-electron chi connectivity index (χ1n) is 7.76. The molecule has 0 aliphatic carbocycles. The van der Waals surface area contributed by atoms with Crippen LogP contribution in [0.1, 0.15) is 31.2 Å². The number of H-pyrrole nitrogens is 1. The molecule has 2 rings (SSSR count). The molecule has 23 heavy (non-hydrogen) atoms. The topological polar surface area (TPSA) is 40.0 Å². The highest BCUT2D eigenvalue weighted by molar-refractivity contribution is 5.18. The zero-order valence-electron chi connectivity index (χ0n) is 13.7. The maximum Gasteiger partial charge on any atom is 0.185 e. The molecule has 1 aromatic heterocycles. The predicted molar refractivity (Wildman–Crippen MR) is 83.8 cm³/mol. The Labute approximate surface area is 151 Å². The predicted octanol–water partition coefficient (Wildman–Crippen LogP) is -4.22. The maximum atomic E-state index is 5.95. The average Bonchev–Trinajstić information content (AvgIpc) is 2.54. The van der Waals surface area contributed by atoms with Gasteiger partial charge in [-0.1, -0.05) is 36.4 Å². The second kappa shape index (κ2) is 12.3. The monoisotopic (exact) mass is 356 g/mol. The number of ether oxygens (including phenoxy) is 1. The van der Waals surface area contributed by atoms with Crippen molar-refractivity contribution in [2.45, 2.75) is 32.4 Å². The van der Waals surface area contributed by atoms with Crippen LogP contribution in [-0.2, 0) is 11.2 Å². The molecule has 0 aliphatic rings. The Balaban J connectivity index is 0.00000242. The van der Waals surface area contributed by atoms with Gasteiger partial charge < -0.3 is 34.9 Å². The number of benzene rings is 1. The Morgan fingerprint density at radius 1 is 1.04 bits per heavy atom. The number of hydrogen-bond donors (Lipinski definition) is 1. The molecule has 3 N–H and O–H groups in total. The second-order valence-electron chi connectivity index (χ2n) is 5.31. The van der Waals surface area contributed by atoms with Gasteiger partial charge in [0.1, 0.15) is 12.1 Å². The highest BCUT2D eigenvalue weighted by Crippen LogP contribution is 2.19. The van der Waals surface area contributed by atoms with Crippen molar-refractivity contribution in [1.29, 1.82) is 0 Å². The smallest absolute Gasteiger partial charge is 0.185 e. The Hall–Kier alpha value is -1.13. The Morgan fingerprint density at radius 2 is 1.74 bits per heavy atom. The summed E-state index contributed by atoms with van der Waals surface area (Å²) in [5, 5.41) is 2.37. The molecule has 3 nitrogen and oxygen atoms in total. The van der Waals surface area contributed by atoms with Crippen molar-refractivity contribution in [3.8, 4) is 0 Å². The van der Waals surface area contributed by atoms with E-state index in [-0.39, 0.29) is 30.9 Å². The zero-order chi connectivity index (χ0) is 14.9. The zero-order valence-corrected chi connectivity index (χ0v) is 15.2. The lowest BCUT2D eigenvalue weighted by molar-refractivity contribution is -0.695. The van der Waals surface area contributed by atoms with Crippen LogP contribution in [0.3, 0.4) is 0 Å². The minimum absolute atomic E-state index is 0. The lowest BCUT2D eigenvalue weighted by atomic mass is 10.0. The van der Waals surface area contributed by atoms with Crippen molar-refractivity contribution < 1.29 is 39.9 Å². The lowest BCUT2D eigenvalue weighted by Crippen LogP contribution is -3.00. The average molecular weight is 357 g/mol. The third kappa shape index (κ3) is 7.32. The summed E-state index contributed by atoms with van der Waals surface area (Å²) in [5.41, 5.74) is 2.53. The fourth-order valence-electron chi connectivity index (χ4n) is 2.59. The minimum Gasteiger partial charge on any atom is -1.00 e. The van der Waals surface area contributed by atoms with Gasteiger partial charge in [-0.2, -0.15) is 0 Å².